The summed E-state index contributed by atoms with van der Waals surface area (Å²) in [5.74, 6) is -1.47. The number of nitrogens with zero attached hydrogens (tertiary/aromatic N) is 2. The summed E-state index contributed by atoms with van der Waals surface area (Å²) in [5, 5.41) is 15.9. The van der Waals surface area contributed by atoms with Gasteiger partial charge in [-0.1, -0.05) is 46.9 Å². The Morgan fingerprint density at radius 1 is 1.07 bits per heavy atom. The molecule has 2 aromatic carbocycles. The molecule has 1 aromatic heterocycles. The molecule has 1 N–H and O–H groups in total. The molecule has 27 heavy (non-hydrogen) atoms. The van der Waals surface area contributed by atoms with Crippen LogP contribution < -0.4 is 0 Å². The fourth-order valence-electron chi connectivity index (χ4n) is 3.59. The minimum atomic E-state index is -0.856. The van der Waals surface area contributed by atoms with Crippen molar-refractivity contribution in [1.29, 1.82) is 0 Å². The molecule has 0 unspecified atom stereocenters. The first-order chi connectivity index (χ1) is 13.0. The van der Waals surface area contributed by atoms with Gasteiger partial charge in [-0.2, -0.15) is 5.10 Å². The van der Waals surface area contributed by atoms with Crippen molar-refractivity contribution in [2.75, 3.05) is 0 Å². The van der Waals surface area contributed by atoms with E-state index in [9.17, 15) is 9.90 Å². The summed E-state index contributed by atoms with van der Waals surface area (Å²) in [6.45, 7) is 0. The number of carbonyl (C=O) groups is 1. The molecule has 138 valence electrons. The first-order valence-corrected chi connectivity index (χ1v) is 9.65. The Morgan fingerprint density at radius 3 is 2.44 bits per heavy atom. The highest BCUT2D eigenvalue weighted by atomic mass is 35.5. The van der Waals surface area contributed by atoms with Crippen molar-refractivity contribution in [3.63, 3.8) is 0 Å². The molecule has 0 aliphatic heterocycles. The number of benzene rings is 2. The van der Waals surface area contributed by atoms with Crippen LogP contribution in [0.3, 0.4) is 0 Å². The number of halogens is 3. The van der Waals surface area contributed by atoms with Crippen molar-refractivity contribution < 1.29 is 9.90 Å². The second-order valence-corrected chi connectivity index (χ2v) is 7.79. The molecular formula is C20H15Cl3N2O2. The van der Waals surface area contributed by atoms with Gasteiger partial charge in [0.05, 0.1) is 22.1 Å². The minimum Gasteiger partial charge on any atom is -0.481 e. The van der Waals surface area contributed by atoms with Crippen LogP contribution in [0.5, 0.6) is 0 Å². The molecule has 1 aliphatic rings. The van der Waals surface area contributed by atoms with Crippen LogP contribution >= 0.6 is 34.8 Å². The van der Waals surface area contributed by atoms with E-state index < -0.39 is 11.9 Å². The molecule has 0 fully saturated rings. The second-order valence-electron chi connectivity index (χ2n) is 6.51. The van der Waals surface area contributed by atoms with Crippen LogP contribution in [0.25, 0.3) is 16.9 Å². The third-order valence-corrected chi connectivity index (χ3v) is 5.61. The van der Waals surface area contributed by atoms with Crippen LogP contribution in [0.15, 0.2) is 42.5 Å². The van der Waals surface area contributed by atoms with Crippen molar-refractivity contribution >= 4 is 40.8 Å². The average Bonchev–Trinajstić information content (AvgIpc) is 3.01. The van der Waals surface area contributed by atoms with E-state index in [0.717, 1.165) is 29.7 Å². The largest absolute Gasteiger partial charge is 0.481 e. The van der Waals surface area contributed by atoms with Crippen molar-refractivity contribution in [1.82, 2.24) is 9.78 Å². The van der Waals surface area contributed by atoms with Crippen LogP contribution in [0.1, 0.15) is 30.0 Å². The summed E-state index contributed by atoms with van der Waals surface area (Å²) in [5.41, 5.74) is 3.96. The lowest BCUT2D eigenvalue weighted by atomic mass is 9.85. The highest BCUT2D eigenvalue weighted by molar-refractivity contribution is 6.35. The maximum Gasteiger partial charge on any atom is 0.312 e. The van der Waals surface area contributed by atoms with Gasteiger partial charge in [0.15, 0.2) is 0 Å². The molecule has 0 saturated carbocycles. The molecule has 1 atom stereocenters. The summed E-state index contributed by atoms with van der Waals surface area (Å²) in [6, 6.07) is 12.6. The monoisotopic (exact) mass is 420 g/mol. The molecule has 1 heterocycles. The first kappa shape index (κ1) is 18.4. The van der Waals surface area contributed by atoms with Crippen molar-refractivity contribution in [3.8, 4) is 16.9 Å². The van der Waals surface area contributed by atoms with Crippen molar-refractivity contribution in [2.24, 2.45) is 0 Å². The van der Waals surface area contributed by atoms with E-state index >= 15 is 0 Å². The Bertz CT molecular complexity index is 1030. The number of fused-ring (bicyclic) bond motifs is 1. The van der Waals surface area contributed by atoms with Crippen LogP contribution in [0.2, 0.25) is 15.1 Å². The molecule has 0 radical (unpaired) electrons. The van der Waals surface area contributed by atoms with E-state index in [2.05, 4.69) is 5.10 Å². The Kier molecular flexibility index (Phi) is 4.89. The second kappa shape index (κ2) is 7.19. The first-order valence-electron chi connectivity index (χ1n) is 8.51. The molecule has 7 heteroatoms. The molecule has 0 saturated heterocycles. The van der Waals surface area contributed by atoms with E-state index in [1.165, 1.54) is 0 Å². The normalized spacial score (nSPS) is 16.2. The summed E-state index contributed by atoms with van der Waals surface area (Å²) in [4.78, 5) is 11.8. The van der Waals surface area contributed by atoms with E-state index in [1.807, 2.05) is 24.3 Å². The number of carboxylic acids is 1. The standard InChI is InChI=1S/C20H15Cl3N2O2/c21-12-6-4-11(5-7-12)19-14-2-1-3-15(20(26)27)18(14)24-25(19)17-9-8-13(22)10-16(17)23/h4-10,15H,1-3H2,(H,26,27)/t15-/m0/s1. The van der Waals surface area contributed by atoms with Crippen LogP contribution in [0, 0.1) is 0 Å². The van der Waals surface area contributed by atoms with Gasteiger partial charge in [0.25, 0.3) is 0 Å². The number of rotatable bonds is 3. The fraction of sp³-hybridized carbons (Fsp3) is 0.200. The van der Waals surface area contributed by atoms with E-state index in [4.69, 9.17) is 34.8 Å². The van der Waals surface area contributed by atoms with Gasteiger partial charge in [-0.05, 0) is 49.6 Å². The number of aliphatic carboxylic acids is 1. The predicted octanol–water partition coefficient (Wildman–Crippen LogP) is 6.00. The summed E-state index contributed by atoms with van der Waals surface area (Å²) in [7, 11) is 0. The quantitative estimate of drug-likeness (QED) is 0.564. The number of hydrogen-bond acceptors (Lipinski definition) is 2. The zero-order valence-electron chi connectivity index (χ0n) is 14.1. The number of carboxylic acid groups (broad SMARTS) is 1. The minimum absolute atomic E-state index is 0.449. The maximum absolute atomic E-state index is 11.8. The fourth-order valence-corrected chi connectivity index (χ4v) is 4.20. The Balaban J connectivity index is 1.99. The van der Waals surface area contributed by atoms with E-state index in [1.54, 1.807) is 22.9 Å². The predicted molar refractivity (Wildman–Crippen MR) is 107 cm³/mol. The molecule has 0 amide bonds. The van der Waals surface area contributed by atoms with Gasteiger partial charge in [-0.3, -0.25) is 4.79 Å². The summed E-state index contributed by atoms with van der Waals surface area (Å²) < 4.78 is 1.73. The number of aromatic nitrogens is 2. The van der Waals surface area contributed by atoms with Crippen LogP contribution in [0.4, 0.5) is 0 Å². The molecule has 3 aromatic rings. The molecule has 4 nitrogen and oxygen atoms in total. The van der Waals surface area contributed by atoms with Gasteiger partial charge < -0.3 is 5.11 Å². The lowest BCUT2D eigenvalue weighted by Crippen LogP contribution is -2.17. The topological polar surface area (TPSA) is 55.1 Å². The summed E-state index contributed by atoms with van der Waals surface area (Å²) in [6.07, 6.45) is 2.14. The molecule has 0 bridgehead atoms. The highest BCUT2D eigenvalue weighted by Crippen LogP contribution is 2.40. The van der Waals surface area contributed by atoms with Gasteiger partial charge in [0.2, 0.25) is 0 Å². The summed E-state index contributed by atoms with van der Waals surface area (Å²) >= 11 is 18.5. The Morgan fingerprint density at radius 2 is 1.78 bits per heavy atom. The molecule has 4 rings (SSSR count). The van der Waals surface area contributed by atoms with Crippen LogP contribution in [-0.2, 0) is 11.2 Å². The van der Waals surface area contributed by atoms with Crippen LogP contribution in [-0.4, -0.2) is 20.9 Å². The lowest BCUT2D eigenvalue weighted by Gasteiger charge is -2.18. The van der Waals surface area contributed by atoms with Gasteiger partial charge in [-0.25, -0.2) is 4.68 Å². The van der Waals surface area contributed by atoms with Crippen molar-refractivity contribution in [2.45, 2.75) is 25.2 Å². The third-order valence-electron chi connectivity index (χ3n) is 4.82. The highest BCUT2D eigenvalue weighted by Gasteiger charge is 2.33. The van der Waals surface area contributed by atoms with Gasteiger partial charge in [-0.15, -0.1) is 0 Å². The molecular weight excluding hydrogens is 407 g/mol. The third kappa shape index (κ3) is 3.33. The van der Waals surface area contributed by atoms with Gasteiger partial charge in [0, 0.05) is 21.2 Å². The maximum atomic E-state index is 11.8. The van der Waals surface area contributed by atoms with E-state index in [-0.39, 0.29) is 0 Å². The SMILES string of the molecule is O=C(O)[C@H]1CCCc2c1nn(-c1ccc(Cl)cc1Cl)c2-c1ccc(Cl)cc1. The van der Waals surface area contributed by atoms with E-state index in [0.29, 0.717) is 32.9 Å². The Hall–Kier alpha value is -2.01. The van der Waals surface area contributed by atoms with Gasteiger partial charge >= 0.3 is 5.97 Å². The van der Waals surface area contributed by atoms with Gasteiger partial charge in [0.1, 0.15) is 5.92 Å². The zero-order chi connectivity index (χ0) is 19.1. The van der Waals surface area contributed by atoms with Crippen molar-refractivity contribution in [3.05, 3.63) is 68.8 Å². The molecule has 1 aliphatic carbocycles. The average molecular weight is 422 g/mol. The molecule has 0 spiro atoms. The smallest absolute Gasteiger partial charge is 0.312 e. The Labute approximate surface area is 171 Å². The zero-order valence-corrected chi connectivity index (χ0v) is 16.4. The number of hydrogen-bond donors (Lipinski definition) is 1. The lowest BCUT2D eigenvalue weighted by molar-refractivity contribution is -0.139.